The van der Waals surface area contributed by atoms with Crippen molar-refractivity contribution in [1.29, 1.82) is 0 Å². The van der Waals surface area contributed by atoms with Gasteiger partial charge >= 0.3 is 105 Å². The molecule has 0 saturated heterocycles. The molecule has 0 N–H and O–H groups in total. The first-order valence-electron chi connectivity index (χ1n) is 5.54. The molecule has 0 heterocycles. The Bertz CT molecular complexity index is 159. The van der Waals surface area contributed by atoms with Crippen molar-refractivity contribution in [3.8, 4) is 0 Å². The van der Waals surface area contributed by atoms with Crippen LogP contribution in [0.2, 0.25) is 3.36 Å². The monoisotopic (exact) mass is 306 g/mol. The van der Waals surface area contributed by atoms with Crippen molar-refractivity contribution in [2.75, 3.05) is 0 Å². The molecular formula is C13H29Sb. The second-order valence-electron chi connectivity index (χ2n) is 7.56. The van der Waals surface area contributed by atoms with E-state index in [1.807, 2.05) is 0 Å². The van der Waals surface area contributed by atoms with E-state index in [0.29, 0.717) is 19.6 Å². The van der Waals surface area contributed by atoms with Gasteiger partial charge in [-0.05, 0) is 0 Å². The molecule has 0 radical (unpaired) electrons. The van der Waals surface area contributed by atoms with Gasteiger partial charge in [0.25, 0.3) is 0 Å². The maximum absolute atomic E-state index is 2.40. The summed E-state index contributed by atoms with van der Waals surface area (Å²) < 4.78 is 0.442. The summed E-state index contributed by atoms with van der Waals surface area (Å²) in [6.07, 6.45) is 0. The molecule has 0 aliphatic carbocycles. The van der Waals surface area contributed by atoms with E-state index in [0.717, 1.165) is 0 Å². The minimum atomic E-state index is 0.381. The fourth-order valence-electron chi connectivity index (χ4n) is 3.38. The zero-order valence-electron chi connectivity index (χ0n) is 11.6. The van der Waals surface area contributed by atoms with Gasteiger partial charge in [-0.1, -0.05) is 0 Å². The molecule has 0 aliphatic heterocycles. The van der Waals surface area contributed by atoms with Crippen LogP contribution in [-0.4, -0.2) is 23.0 Å². The molecule has 0 aliphatic rings. The van der Waals surface area contributed by atoms with Gasteiger partial charge in [0, 0.05) is 0 Å². The molecular weight excluding hydrogens is 278 g/mol. The maximum atomic E-state index is 2.40. The molecule has 0 spiro atoms. The first-order valence-corrected chi connectivity index (χ1v) is 7.19. The molecule has 86 valence electrons. The molecule has 1 heteroatoms. The normalized spacial score (nSPS) is 15.9. The molecule has 0 aromatic heterocycles. The van der Waals surface area contributed by atoms with Gasteiger partial charge < -0.3 is 0 Å². The summed E-state index contributed by atoms with van der Waals surface area (Å²) in [4.78, 5) is 0. The van der Waals surface area contributed by atoms with E-state index in [4.69, 9.17) is 0 Å². The van der Waals surface area contributed by atoms with E-state index in [2.05, 4.69) is 62.3 Å². The van der Waals surface area contributed by atoms with E-state index >= 15 is 0 Å². The standard InChI is InChI=1S/C13H27.Sb.2H/c1-11(2,3)10(12(4,5)6)13(7,8)9;;;/h1-9H3;;;. The van der Waals surface area contributed by atoms with Gasteiger partial charge in [-0.15, -0.1) is 0 Å². The van der Waals surface area contributed by atoms with Gasteiger partial charge in [-0.25, -0.2) is 0 Å². The van der Waals surface area contributed by atoms with Crippen LogP contribution in [0.4, 0.5) is 0 Å². The van der Waals surface area contributed by atoms with Crippen LogP contribution in [0.5, 0.6) is 0 Å². The van der Waals surface area contributed by atoms with Crippen LogP contribution in [0, 0.1) is 16.2 Å². The van der Waals surface area contributed by atoms with E-state index in [1.165, 1.54) is 23.0 Å². The third-order valence-corrected chi connectivity index (χ3v) is 11.0. The summed E-state index contributed by atoms with van der Waals surface area (Å²) in [5.41, 5.74) is 1.14. The predicted molar refractivity (Wildman–Crippen MR) is 69.6 cm³/mol. The Morgan fingerprint density at radius 1 is 0.500 bits per heavy atom. The molecule has 0 aromatic carbocycles. The number of hydrogen-bond donors (Lipinski definition) is 0. The third-order valence-electron chi connectivity index (χ3n) is 3.55. The molecule has 0 unspecified atom stereocenters. The van der Waals surface area contributed by atoms with Crippen molar-refractivity contribution >= 4 is 23.0 Å². The Labute approximate surface area is 105 Å². The number of rotatable bonds is 0. The molecule has 0 bridgehead atoms. The van der Waals surface area contributed by atoms with Crippen LogP contribution in [0.1, 0.15) is 62.3 Å². The zero-order chi connectivity index (χ0) is 12.0. The van der Waals surface area contributed by atoms with Crippen LogP contribution >= 0.6 is 0 Å². The van der Waals surface area contributed by atoms with Crippen LogP contribution in [0.3, 0.4) is 0 Å². The molecule has 0 atom stereocenters. The van der Waals surface area contributed by atoms with Crippen molar-refractivity contribution in [1.82, 2.24) is 0 Å². The molecule has 0 nitrogen and oxygen atoms in total. The quantitative estimate of drug-likeness (QED) is 0.595. The minimum absolute atomic E-state index is 0.381. The average molecular weight is 307 g/mol. The summed E-state index contributed by atoms with van der Waals surface area (Å²) in [5.74, 6) is 0. The predicted octanol–water partition coefficient (Wildman–Crippen LogP) is 3.92. The molecule has 0 amide bonds. The summed E-state index contributed by atoms with van der Waals surface area (Å²) in [5, 5.41) is 0. The first-order chi connectivity index (χ1) is 5.75. The Hall–Kier alpha value is 0.818. The van der Waals surface area contributed by atoms with Crippen molar-refractivity contribution in [2.45, 2.75) is 65.7 Å². The van der Waals surface area contributed by atoms with Gasteiger partial charge in [-0.3, -0.25) is 0 Å². The summed E-state index contributed by atoms with van der Waals surface area (Å²) in [6, 6.07) is 0. The molecule has 0 saturated carbocycles. The fourth-order valence-corrected chi connectivity index (χ4v) is 3.38. The molecule has 0 aromatic rings. The summed E-state index contributed by atoms with van der Waals surface area (Å²) in [7, 11) is 0. The van der Waals surface area contributed by atoms with E-state index < -0.39 is 0 Å². The van der Waals surface area contributed by atoms with E-state index in [9.17, 15) is 0 Å². The van der Waals surface area contributed by atoms with Gasteiger partial charge in [0.15, 0.2) is 0 Å². The van der Waals surface area contributed by atoms with Crippen molar-refractivity contribution in [3.05, 3.63) is 0 Å². The average Bonchev–Trinajstić information content (AvgIpc) is 1.77. The third kappa shape index (κ3) is 2.31. The van der Waals surface area contributed by atoms with Crippen LogP contribution in [-0.2, 0) is 0 Å². The van der Waals surface area contributed by atoms with Gasteiger partial charge in [0.2, 0.25) is 0 Å². The van der Waals surface area contributed by atoms with Gasteiger partial charge in [-0.2, -0.15) is 0 Å². The molecule has 0 fully saturated rings. The first kappa shape index (κ1) is 14.8. The Morgan fingerprint density at radius 3 is 0.643 bits per heavy atom. The van der Waals surface area contributed by atoms with Gasteiger partial charge in [0.05, 0.1) is 0 Å². The second kappa shape index (κ2) is 3.69. The Morgan fingerprint density at radius 2 is 0.643 bits per heavy atom. The number of hydrogen-bond acceptors (Lipinski definition) is 0. The molecule has 0 rings (SSSR count). The van der Waals surface area contributed by atoms with Gasteiger partial charge in [0.1, 0.15) is 0 Å². The topological polar surface area (TPSA) is 0 Å². The Kier molecular flexibility index (Phi) is 3.90. The SMILES string of the molecule is CC(C)(C)[C]([SbH2])(C(C)(C)C)C(C)(C)C. The summed E-state index contributed by atoms with van der Waals surface area (Å²) in [6.45, 7) is 21.6. The van der Waals surface area contributed by atoms with Crippen molar-refractivity contribution in [3.63, 3.8) is 0 Å². The van der Waals surface area contributed by atoms with E-state index in [1.54, 1.807) is 0 Å². The second-order valence-corrected chi connectivity index (χ2v) is 10.0. The van der Waals surface area contributed by atoms with Crippen molar-refractivity contribution in [2.24, 2.45) is 16.2 Å². The van der Waals surface area contributed by atoms with Crippen molar-refractivity contribution < 1.29 is 0 Å². The van der Waals surface area contributed by atoms with Crippen LogP contribution in [0.15, 0.2) is 0 Å². The van der Waals surface area contributed by atoms with E-state index in [-0.39, 0.29) is 0 Å². The fraction of sp³-hybridized carbons (Fsp3) is 1.00. The molecule has 14 heavy (non-hydrogen) atoms. The van der Waals surface area contributed by atoms with Crippen LogP contribution < -0.4 is 0 Å². The summed E-state index contributed by atoms with van der Waals surface area (Å²) >= 11 is 1.32. The van der Waals surface area contributed by atoms with Crippen LogP contribution in [0.25, 0.3) is 0 Å². The Balaban J connectivity index is 5.54. The zero-order valence-corrected chi connectivity index (χ0v) is 14.9.